The highest BCUT2D eigenvalue weighted by Crippen LogP contribution is 2.03. The van der Waals surface area contributed by atoms with Gasteiger partial charge in [0.15, 0.2) is 0 Å². The molecule has 0 amide bonds. The molecule has 8 nitrogen and oxygen atoms in total. The van der Waals surface area contributed by atoms with Crippen LogP contribution in [0.25, 0.3) is 0 Å². The van der Waals surface area contributed by atoms with Crippen LogP contribution in [0.3, 0.4) is 0 Å². The van der Waals surface area contributed by atoms with Crippen molar-refractivity contribution in [2.75, 3.05) is 78.5 Å². The highest BCUT2D eigenvalue weighted by Gasteiger charge is 2.18. The average molecular weight is 373 g/mol. The van der Waals surface area contributed by atoms with Gasteiger partial charge in [0, 0.05) is 58.9 Å². The number of carboxylic acid groups (broad SMARTS) is 2. The molecule has 1 aliphatic heterocycles. The van der Waals surface area contributed by atoms with Gasteiger partial charge in [0.2, 0.25) is 0 Å². The molecule has 0 aromatic rings. The summed E-state index contributed by atoms with van der Waals surface area (Å²) < 4.78 is 0. The standard InChI is InChI=1S/C18H36N4O4/c1-4-19-5-7-21(14-17(23)24)11-9-20(13-16(2)3)10-12-22(8-6-19)15-18(25)26/h16H,4-15H2,1-3H3,(H,23,24)(H,25,26). The summed E-state index contributed by atoms with van der Waals surface area (Å²) in [5, 5.41) is 18.4. The highest BCUT2D eigenvalue weighted by atomic mass is 16.4. The van der Waals surface area contributed by atoms with Gasteiger partial charge in [-0.2, -0.15) is 0 Å². The molecule has 2 N–H and O–H groups in total. The molecule has 0 radical (unpaired) electrons. The van der Waals surface area contributed by atoms with E-state index in [9.17, 15) is 19.8 Å². The maximum Gasteiger partial charge on any atom is 0.317 e. The van der Waals surface area contributed by atoms with Crippen molar-refractivity contribution in [1.29, 1.82) is 0 Å². The third-order valence-electron chi connectivity index (χ3n) is 4.72. The number of likely N-dealkylation sites (N-methyl/N-ethyl adjacent to an activating group) is 1. The van der Waals surface area contributed by atoms with E-state index in [-0.39, 0.29) is 13.1 Å². The maximum atomic E-state index is 11.2. The van der Waals surface area contributed by atoms with Crippen molar-refractivity contribution < 1.29 is 19.8 Å². The predicted molar refractivity (Wildman–Crippen MR) is 102 cm³/mol. The van der Waals surface area contributed by atoms with Gasteiger partial charge in [-0.05, 0) is 12.5 Å². The van der Waals surface area contributed by atoms with E-state index in [1.165, 1.54) is 0 Å². The summed E-state index contributed by atoms with van der Waals surface area (Å²) in [6.45, 7) is 14.4. The van der Waals surface area contributed by atoms with Crippen LogP contribution in [0.15, 0.2) is 0 Å². The van der Waals surface area contributed by atoms with Crippen molar-refractivity contribution in [3.05, 3.63) is 0 Å². The van der Waals surface area contributed by atoms with Crippen LogP contribution in [0, 0.1) is 5.92 Å². The molecule has 1 rings (SSSR count). The summed E-state index contributed by atoms with van der Waals surface area (Å²) >= 11 is 0. The zero-order chi connectivity index (χ0) is 19.5. The smallest absolute Gasteiger partial charge is 0.317 e. The van der Waals surface area contributed by atoms with Crippen molar-refractivity contribution in [2.45, 2.75) is 20.8 Å². The Morgan fingerprint density at radius 1 is 0.731 bits per heavy atom. The van der Waals surface area contributed by atoms with Crippen molar-refractivity contribution in [2.24, 2.45) is 5.92 Å². The zero-order valence-electron chi connectivity index (χ0n) is 16.6. The van der Waals surface area contributed by atoms with E-state index < -0.39 is 11.9 Å². The van der Waals surface area contributed by atoms with Crippen molar-refractivity contribution >= 4 is 11.9 Å². The number of carbonyl (C=O) groups is 2. The summed E-state index contributed by atoms with van der Waals surface area (Å²) in [6.07, 6.45) is 0. The quantitative estimate of drug-likeness (QED) is 0.648. The lowest BCUT2D eigenvalue weighted by Gasteiger charge is -2.33. The van der Waals surface area contributed by atoms with Crippen LogP contribution in [0.5, 0.6) is 0 Å². The molecule has 1 fully saturated rings. The molecule has 0 spiro atoms. The molecule has 152 valence electrons. The Kier molecular flexibility index (Phi) is 10.7. The van der Waals surface area contributed by atoms with Gasteiger partial charge in [-0.1, -0.05) is 20.8 Å². The third-order valence-corrected chi connectivity index (χ3v) is 4.72. The van der Waals surface area contributed by atoms with Gasteiger partial charge < -0.3 is 20.0 Å². The number of nitrogens with zero attached hydrogens (tertiary/aromatic N) is 4. The molecule has 1 heterocycles. The molecular formula is C18H36N4O4. The van der Waals surface area contributed by atoms with E-state index in [4.69, 9.17) is 0 Å². The monoisotopic (exact) mass is 372 g/mol. The summed E-state index contributed by atoms with van der Waals surface area (Å²) in [4.78, 5) is 30.9. The summed E-state index contributed by atoms with van der Waals surface area (Å²) in [5.74, 6) is -1.06. The lowest BCUT2D eigenvalue weighted by molar-refractivity contribution is -0.139. The van der Waals surface area contributed by atoms with Gasteiger partial charge in [0.1, 0.15) is 0 Å². The Labute approximate surface area is 157 Å². The Balaban J connectivity index is 2.80. The molecule has 0 unspecified atom stereocenters. The van der Waals surface area contributed by atoms with Crippen LogP contribution in [0.4, 0.5) is 0 Å². The van der Waals surface area contributed by atoms with E-state index in [2.05, 4.69) is 30.6 Å². The van der Waals surface area contributed by atoms with Crippen LogP contribution in [0.2, 0.25) is 0 Å². The molecule has 1 saturated heterocycles. The van der Waals surface area contributed by atoms with E-state index >= 15 is 0 Å². The number of rotatable bonds is 7. The first-order chi connectivity index (χ1) is 12.3. The molecule has 0 saturated carbocycles. The van der Waals surface area contributed by atoms with E-state index in [0.717, 1.165) is 52.4 Å². The Morgan fingerprint density at radius 3 is 1.38 bits per heavy atom. The second-order valence-electron chi connectivity index (χ2n) is 7.47. The maximum absolute atomic E-state index is 11.2. The molecule has 0 aliphatic carbocycles. The average Bonchev–Trinajstić information content (AvgIpc) is 2.53. The van der Waals surface area contributed by atoms with Gasteiger partial charge >= 0.3 is 11.9 Å². The number of hydrogen-bond acceptors (Lipinski definition) is 6. The van der Waals surface area contributed by atoms with E-state index in [0.29, 0.717) is 19.0 Å². The minimum atomic E-state index is -0.789. The topological polar surface area (TPSA) is 87.6 Å². The fourth-order valence-corrected chi connectivity index (χ4v) is 3.29. The molecule has 8 heteroatoms. The van der Waals surface area contributed by atoms with Crippen molar-refractivity contribution in [1.82, 2.24) is 19.6 Å². The van der Waals surface area contributed by atoms with Crippen LogP contribution >= 0.6 is 0 Å². The molecule has 0 aromatic carbocycles. The summed E-state index contributed by atoms with van der Waals surface area (Å²) in [6, 6.07) is 0. The first kappa shape index (κ1) is 22.8. The van der Waals surface area contributed by atoms with E-state index in [1.807, 2.05) is 9.80 Å². The zero-order valence-corrected chi connectivity index (χ0v) is 16.6. The van der Waals surface area contributed by atoms with Crippen LogP contribution in [-0.4, -0.2) is 120 Å². The molecule has 0 atom stereocenters. The molecule has 0 aromatic heterocycles. The van der Waals surface area contributed by atoms with Gasteiger partial charge in [-0.25, -0.2) is 0 Å². The minimum Gasteiger partial charge on any atom is -0.480 e. The SMILES string of the molecule is CCN1CCN(CC(=O)O)CCN(CC(C)C)CCN(CC(=O)O)CC1. The van der Waals surface area contributed by atoms with Crippen molar-refractivity contribution in [3.8, 4) is 0 Å². The lowest BCUT2D eigenvalue weighted by atomic mass is 10.2. The summed E-state index contributed by atoms with van der Waals surface area (Å²) in [7, 11) is 0. The molecule has 1 aliphatic rings. The van der Waals surface area contributed by atoms with Gasteiger partial charge in [-0.3, -0.25) is 19.4 Å². The number of hydrogen-bond donors (Lipinski definition) is 2. The highest BCUT2D eigenvalue weighted by molar-refractivity contribution is 5.69. The first-order valence-corrected chi connectivity index (χ1v) is 9.63. The Morgan fingerprint density at radius 2 is 1.08 bits per heavy atom. The van der Waals surface area contributed by atoms with Gasteiger partial charge in [-0.15, -0.1) is 0 Å². The number of carboxylic acids is 2. The molecule has 26 heavy (non-hydrogen) atoms. The lowest BCUT2D eigenvalue weighted by Crippen LogP contribution is -2.48. The van der Waals surface area contributed by atoms with Crippen LogP contribution < -0.4 is 0 Å². The molecular weight excluding hydrogens is 336 g/mol. The second-order valence-corrected chi connectivity index (χ2v) is 7.47. The Hall–Kier alpha value is -1.22. The summed E-state index contributed by atoms with van der Waals surface area (Å²) in [5.41, 5.74) is 0. The van der Waals surface area contributed by atoms with Crippen LogP contribution in [-0.2, 0) is 9.59 Å². The molecule has 0 bridgehead atoms. The second kappa shape index (κ2) is 12.2. The van der Waals surface area contributed by atoms with Crippen LogP contribution in [0.1, 0.15) is 20.8 Å². The fourth-order valence-electron chi connectivity index (χ4n) is 3.29. The Bertz CT molecular complexity index is 401. The fraction of sp³-hybridized carbons (Fsp3) is 0.889. The largest absolute Gasteiger partial charge is 0.480 e. The minimum absolute atomic E-state index is 0.0677. The predicted octanol–water partition coefficient (Wildman–Crippen LogP) is 0.0531. The van der Waals surface area contributed by atoms with E-state index in [1.54, 1.807) is 0 Å². The van der Waals surface area contributed by atoms with Gasteiger partial charge in [0.25, 0.3) is 0 Å². The van der Waals surface area contributed by atoms with Gasteiger partial charge in [0.05, 0.1) is 13.1 Å². The third kappa shape index (κ3) is 10.1. The van der Waals surface area contributed by atoms with Crippen molar-refractivity contribution in [3.63, 3.8) is 0 Å². The number of aliphatic carboxylic acids is 2. The first-order valence-electron chi connectivity index (χ1n) is 9.63. The normalized spacial score (nSPS) is 20.6.